The summed E-state index contributed by atoms with van der Waals surface area (Å²) >= 11 is 6.21. The highest BCUT2D eigenvalue weighted by molar-refractivity contribution is 6.31. The van der Waals surface area contributed by atoms with E-state index in [-0.39, 0.29) is 17.2 Å². The number of carbonyl (C=O) groups is 1. The number of nitrogens with zero attached hydrogens (tertiary/aromatic N) is 4. The maximum atomic E-state index is 13.5. The van der Waals surface area contributed by atoms with Crippen LogP contribution in [0.3, 0.4) is 0 Å². The number of halogens is 1. The van der Waals surface area contributed by atoms with Gasteiger partial charge in [-0.15, -0.1) is 0 Å². The summed E-state index contributed by atoms with van der Waals surface area (Å²) in [4.78, 5) is 28.6. The number of aryl methyl sites for hydroxylation is 2. The molecule has 0 radical (unpaired) electrons. The minimum absolute atomic E-state index is 0.200. The van der Waals surface area contributed by atoms with Crippen LogP contribution in [-0.4, -0.2) is 38.2 Å². The van der Waals surface area contributed by atoms with Crippen LogP contribution in [0.25, 0.3) is 27.5 Å². The minimum atomic E-state index is -0.276. The lowest BCUT2D eigenvalue weighted by Crippen LogP contribution is -2.34. The fourth-order valence-corrected chi connectivity index (χ4v) is 4.11. The Hall–Kier alpha value is -3.12. The van der Waals surface area contributed by atoms with Crippen LogP contribution in [0.4, 0.5) is 0 Å². The summed E-state index contributed by atoms with van der Waals surface area (Å²) in [6.07, 6.45) is 0. The first-order valence-corrected chi connectivity index (χ1v) is 10.3. The fourth-order valence-electron chi connectivity index (χ4n) is 3.94. The molecule has 0 aliphatic carbocycles. The van der Waals surface area contributed by atoms with Crippen molar-refractivity contribution < 1.29 is 4.79 Å². The van der Waals surface area contributed by atoms with Gasteiger partial charge in [0.05, 0.1) is 11.2 Å². The van der Waals surface area contributed by atoms with Crippen molar-refractivity contribution in [2.45, 2.75) is 20.8 Å². The standard InChI is InChI=1S/C23H23ClN4O2/c1-5-27(6-2)22(29)20-19-17-11-10-15(24)13-18(17)26(4)21(19)23(30)28(25-20)16-9-7-8-14(3)12-16/h7-13H,5-6H2,1-4H3. The largest absolute Gasteiger partial charge is 0.339 e. The number of fused-ring (bicyclic) bond motifs is 3. The fraction of sp³-hybridized carbons (Fsp3) is 0.261. The molecule has 4 rings (SSSR count). The molecule has 30 heavy (non-hydrogen) atoms. The van der Waals surface area contributed by atoms with E-state index >= 15 is 0 Å². The maximum absolute atomic E-state index is 13.5. The quantitative estimate of drug-likeness (QED) is 0.492. The molecule has 0 N–H and O–H groups in total. The Morgan fingerprint density at radius 3 is 2.53 bits per heavy atom. The molecule has 2 aromatic heterocycles. The van der Waals surface area contributed by atoms with Gasteiger partial charge in [-0.1, -0.05) is 29.8 Å². The van der Waals surface area contributed by atoms with E-state index in [0.29, 0.717) is 34.7 Å². The number of rotatable bonds is 4. The van der Waals surface area contributed by atoms with E-state index in [9.17, 15) is 9.59 Å². The monoisotopic (exact) mass is 422 g/mol. The second kappa shape index (κ2) is 7.61. The van der Waals surface area contributed by atoms with Gasteiger partial charge < -0.3 is 9.47 Å². The molecular weight excluding hydrogens is 400 g/mol. The molecule has 6 nitrogen and oxygen atoms in total. The molecule has 0 aliphatic rings. The molecular formula is C23H23ClN4O2. The van der Waals surface area contributed by atoms with Crippen molar-refractivity contribution in [1.82, 2.24) is 19.2 Å². The summed E-state index contributed by atoms with van der Waals surface area (Å²) in [6.45, 7) is 6.92. The number of aromatic nitrogens is 3. The molecule has 0 saturated heterocycles. The van der Waals surface area contributed by atoms with Crippen LogP contribution in [0.5, 0.6) is 0 Å². The highest BCUT2D eigenvalue weighted by Crippen LogP contribution is 2.31. The number of carbonyl (C=O) groups excluding carboxylic acids is 1. The zero-order chi connectivity index (χ0) is 21.6. The first-order valence-electron chi connectivity index (χ1n) is 9.94. The molecule has 7 heteroatoms. The van der Waals surface area contributed by atoms with Crippen LogP contribution >= 0.6 is 11.6 Å². The molecule has 1 amide bonds. The van der Waals surface area contributed by atoms with Crippen molar-refractivity contribution in [3.63, 3.8) is 0 Å². The van der Waals surface area contributed by atoms with Gasteiger partial charge in [-0.05, 0) is 50.6 Å². The highest BCUT2D eigenvalue weighted by Gasteiger charge is 2.25. The normalized spacial score (nSPS) is 11.4. The van der Waals surface area contributed by atoms with E-state index < -0.39 is 0 Å². The summed E-state index contributed by atoms with van der Waals surface area (Å²) in [6, 6.07) is 12.9. The molecule has 0 bridgehead atoms. The third-order valence-corrected chi connectivity index (χ3v) is 5.73. The van der Waals surface area contributed by atoms with Crippen LogP contribution in [0.1, 0.15) is 29.9 Å². The third kappa shape index (κ3) is 3.08. The predicted molar refractivity (Wildman–Crippen MR) is 121 cm³/mol. The Balaban J connectivity index is 2.18. The lowest BCUT2D eigenvalue weighted by molar-refractivity contribution is 0.0767. The summed E-state index contributed by atoms with van der Waals surface area (Å²) in [5.41, 5.74) is 2.83. The van der Waals surface area contributed by atoms with Crippen molar-refractivity contribution in [1.29, 1.82) is 0 Å². The highest BCUT2D eigenvalue weighted by atomic mass is 35.5. The van der Waals surface area contributed by atoms with E-state index in [1.54, 1.807) is 21.6 Å². The first kappa shape index (κ1) is 20.2. The van der Waals surface area contributed by atoms with E-state index in [4.69, 9.17) is 11.6 Å². The number of hydrogen-bond acceptors (Lipinski definition) is 3. The SMILES string of the molecule is CCN(CC)C(=O)c1nn(-c2cccc(C)c2)c(=O)c2c1c1ccc(Cl)cc1n2C. The van der Waals surface area contributed by atoms with E-state index in [0.717, 1.165) is 16.5 Å². The molecule has 0 aliphatic heterocycles. The van der Waals surface area contributed by atoms with Crippen LogP contribution < -0.4 is 5.56 Å². The zero-order valence-electron chi connectivity index (χ0n) is 17.4. The summed E-state index contributed by atoms with van der Waals surface area (Å²) < 4.78 is 3.12. The van der Waals surface area contributed by atoms with Gasteiger partial charge in [0.15, 0.2) is 5.69 Å². The van der Waals surface area contributed by atoms with Gasteiger partial charge in [-0.2, -0.15) is 9.78 Å². The first-order chi connectivity index (χ1) is 14.4. The molecule has 0 fully saturated rings. The van der Waals surface area contributed by atoms with E-state index in [1.807, 2.05) is 58.2 Å². The summed E-state index contributed by atoms with van der Waals surface area (Å²) in [7, 11) is 1.81. The average Bonchev–Trinajstić information content (AvgIpc) is 3.02. The second-order valence-electron chi connectivity index (χ2n) is 7.33. The second-order valence-corrected chi connectivity index (χ2v) is 7.76. The van der Waals surface area contributed by atoms with Gasteiger partial charge >= 0.3 is 0 Å². The molecule has 154 valence electrons. The molecule has 2 heterocycles. The van der Waals surface area contributed by atoms with Gasteiger partial charge in [-0.3, -0.25) is 9.59 Å². The van der Waals surface area contributed by atoms with Crippen LogP contribution in [-0.2, 0) is 7.05 Å². The lowest BCUT2D eigenvalue weighted by atomic mass is 10.1. The molecule has 0 unspecified atom stereocenters. The lowest BCUT2D eigenvalue weighted by Gasteiger charge is -2.19. The van der Waals surface area contributed by atoms with Gasteiger partial charge in [0.2, 0.25) is 0 Å². The molecule has 0 spiro atoms. The molecule has 2 aromatic carbocycles. The predicted octanol–water partition coefficient (Wildman–Crippen LogP) is 4.32. The maximum Gasteiger partial charge on any atom is 0.296 e. The van der Waals surface area contributed by atoms with Gasteiger partial charge in [0.1, 0.15) is 5.52 Å². The van der Waals surface area contributed by atoms with Crippen molar-refractivity contribution in [2.24, 2.45) is 7.05 Å². The Labute approximate surface area is 179 Å². The summed E-state index contributed by atoms with van der Waals surface area (Å²) in [5, 5.41) is 6.50. The zero-order valence-corrected chi connectivity index (χ0v) is 18.2. The minimum Gasteiger partial charge on any atom is -0.339 e. The van der Waals surface area contributed by atoms with Crippen molar-refractivity contribution in [3.8, 4) is 5.69 Å². The van der Waals surface area contributed by atoms with E-state index in [1.165, 1.54) is 4.68 Å². The Morgan fingerprint density at radius 1 is 1.13 bits per heavy atom. The van der Waals surface area contributed by atoms with Crippen LogP contribution in [0.2, 0.25) is 5.02 Å². The Kier molecular flexibility index (Phi) is 5.12. The topological polar surface area (TPSA) is 60.1 Å². The average molecular weight is 423 g/mol. The van der Waals surface area contributed by atoms with Gasteiger partial charge in [-0.25, -0.2) is 0 Å². The Bertz CT molecular complexity index is 1350. The molecule has 0 saturated carbocycles. The van der Waals surface area contributed by atoms with Crippen LogP contribution in [0, 0.1) is 6.92 Å². The number of amides is 1. The number of benzene rings is 2. The number of hydrogen-bond donors (Lipinski definition) is 0. The van der Waals surface area contributed by atoms with Crippen LogP contribution in [0.15, 0.2) is 47.3 Å². The summed E-state index contributed by atoms with van der Waals surface area (Å²) in [5.74, 6) is -0.200. The van der Waals surface area contributed by atoms with Gasteiger partial charge in [0.25, 0.3) is 11.5 Å². The van der Waals surface area contributed by atoms with Crippen molar-refractivity contribution >= 4 is 39.3 Å². The molecule has 4 aromatic rings. The van der Waals surface area contributed by atoms with E-state index in [2.05, 4.69) is 5.10 Å². The van der Waals surface area contributed by atoms with Crippen molar-refractivity contribution in [3.05, 3.63) is 69.1 Å². The molecule has 0 atom stereocenters. The smallest absolute Gasteiger partial charge is 0.296 e. The third-order valence-electron chi connectivity index (χ3n) is 5.49. The van der Waals surface area contributed by atoms with Gasteiger partial charge in [0, 0.05) is 35.9 Å². The Morgan fingerprint density at radius 2 is 1.87 bits per heavy atom. The van der Waals surface area contributed by atoms with Crippen molar-refractivity contribution in [2.75, 3.05) is 13.1 Å².